The molecule has 1 aromatic heterocycles. The summed E-state index contributed by atoms with van der Waals surface area (Å²) in [6.45, 7) is 4.86. The van der Waals surface area contributed by atoms with Crippen LogP contribution in [0, 0.1) is 5.92 Å². The van der Waals surface area contributed by atoms with Crippen LogP contribution in [-0.2, 0) is 6.54 Å². The Labute approximate surface area is 170 Å². The number of hydrogen-bond donors (Lipinski definition) is 1. The number of nitrogens with zero attached hydrogens (tertiary/aromatic N) is 3. The molecule has 0 bridgehead atoms. The van der Waals surface area contributed by atoms with Crippen LogP contribution >= 0.6 is 0 Å². The number of carbonyl (C=O) groups is 1. The molecule has 1 aliphatic carbocycles. The number of carbonyl (C=O) groups excluding carboxylic acids is 1. The zero-order valence-corrected chi connectivity index (χ0v) is 16.8. The molecule has 1 saturated carbocycles. The third kappa shape index (κ3) is 4.96. The van der Waals surface area contributed by atoms with Gasteiger partial charge in [0.25, 0.3) is 11.5 Å². The van der Waals surface area contributed by atoms with Gasteiger partial charge in [-0.1, -0.05) is 0 Å². The van der Waals surface area contributed by atoms with Crippen molar-refractivity contribution >= 4 is 11.6 Å². The summed E-state index contributed by atoms with van der Waals surface area (Å²) in [4.78, 5) is 27.0. The topological polar surface area (TPSA) is 76.5 Å². The van der Waals surface area contributed by atoms with Crippen LogP contribution in [0.5, 0.6) is 5.75 Å². The first-order chi connectivity index (χ1) is 14.1. The van der Waals surface area contributed by atoms with Gasteiger partial charge in [0.1, 0.15) is 5.75 Å². The van der Waals surface area contributed by atoms with Crippen LogP contribution in [0.2, 0.25) is 0 Å². The van der Waals surface area contributed by atoms with Crippen molar-refractivity contribution in [2.75, 3.05) is 24.6 Å². The second-order valence-electron chi connectivity index (χ2n) is 7.87. The van der Waals surface area contributed by atoms with Crippen LogP contribution in [0.15, 0.2) is 41.3 Å². The highest BCUT2D eigenvalue weighted by molar-refractivity contribution is 5.94. The molecule has 7 heteroatoms. The molecule has 1 aromatic carbocycles. The minimum Gasteiger partial charge on any atom is -0.494 e. The number of benzene rings is 1. The van der Waals surface area contributed by atoms with E-state index in [4.69, 9.17) is 4.74 Å². The molecule has 2 fully saturated rings. The van der Waals surface area contributed by atoms with Crippen molar-refractivity contribution in [2.45, 2.75) is 45.2 Å². The second kappa shape index (κ2) is 8.68. The number of rotatable bonds is 7. The highest BCUT2D eigenvalue weighted by Gasteiger charge is 2.24. The van der Waals surface area contributed by atoms with Gasteiger partial charge < -0.3 is 15.0 Å². The van der Waals surface area contributed by atoms with Crippen molar-refractivity contribution in [3.8, 4) is 5.75 Å². The van der Waals surface area contributed by atoms with Gasteiger partial charge in [-0.3, -0.25) is 9.59 Å². The first-order valence-electron chi connectivity index (χ1n) is 10.5. The van der Waals surface area contributed by atoms with Crippen molar-refractivity contribution in [1.29, 1.82) is 0 Å². The molecule has 1 amide bonds. The van der Waals surface area contributed by atoms with Crippen LogP contribution in [0.3, 0.4) is 0 Å². The second-order valence-corrected chi connectivity index (χ2v) is 7.87. The minimum absolute atomic E-state index is 0.0275. The molecule has 4 rings (SSSR count). The fourth-order valence-corrected chi connectivity index (χ4v) is 3.70. The van der Waals surface area contributed by atoms with E-state index in [-0.39, 0.29) is 17.5 Å². The van der Waals surface area contributed by atoms with E-state index in [1.165, 1.54) is 12.8 Å². The average molecular weight is 396 g/mol. The molecule has 0 spiro atoms. The molecule has 7 nitrogen and oxygen atoms in total. The van der Waals surface area contributed by atoms with Crippen LogP contribution in [0.4, 0.5) is 5.69 Å². The van der Waals surface area contributed by atoms with Gasteiger partial charge in [0.05, 0.1) is 18.5 Å². The number of aromatic nitrogens is 2. The number of anilines is 1. The summed E-state index contributed by atoms with van der Waals surface area (Å²) >= 11 is 0. The SMILES string of the molecule is CCOc1ccc(C(=O)NC2CCN(c3cnn(CC4CC4)c(=O)c3)CC2)cc1. The smallest absolute Gasteiger partial charge is 0.268 e. The van der Waals surface area contributed by atoms with E-state index in [1.807, 2.05) is 19.1 Å². The number of amides is 1. The number of nitrogens with one attached hydrogen (secondary N) is 1. The van der Waals surface area contributed by atoms with E-state index in [0.29, 0.717) is 18.1 Å². The standard InChI is InChI=1S/C22H28N4O3/c1-2-29-20-7-5-17(6-8-20)22(28)24-18-9-11-25(12-10-18)19-13-21(27)26(23-14-19)15-16-3-4-16/h5-8,13-14,16,18H,2-4,9-12,15H2,1H3,(H,24,28). The zero-order chi connectivity index (χ0) is 20.2. The molecule has 2 heterocycles. The van der Waals surface area contributed by atoms with Gasteiger partial charge in [-0.2, -0.15) is 5.10 Å². The maximum absolute atomic E-state index is 12.5. The predicted molar refractivity (Wildman–Crippen MR) is 112 cm³/mol. The van der Waals surface area contributed by atoms with Crippen molar-refractivity contribution in [3.05, 3.63) is 52.4 Å². The lowest BCUT2D eigenvalue weighted by Gasteiger charge is -2.33. The lowest BCUT2D eigenvalue weighted by molar-refractivity contribution is 0.0931. The molecule has 0 radical (unpaired) electrons. The first-order valence-corrected chi connectivity index (χ1v) is 10.5. The molecule has 154 valence electrons. The maximum Gasteiger partial charge on any atom is 0.268 e. The summed E-state index contributed by atoms with van der Waals surface area (Å²) in [7, 11) is 0. The van der Waals surface area contributed by atoms with Crippen LogP contribution in [-0.4, -0.2) is 41.4 Å². The lowest BCUT2D eigenvalue weighted by atomic mass is 10.0. The summed E-state index contributed by atoms with van der Waals surface area (Å²) in [6, 6.07) is 9.04. The van der Waals surface area contributed by atoms with Crippen LogP contribution < -0.4 is 20.5 Å². The Morgan fingerprint density at radius 3 is 2.52 bits per heavy atom. The fourth-order valence-electron chi connectivity index (χ4n) is 3.70. The Morgan fingerprint density at radius 2 is 1.90 bits per heavy atom. The van der Waals surface area contributed by atoms with Crippen molar-refractivity contribution in [3.63, 3.8) is 0 Å². The average Bonchev–Trinajstić information content (AvgIpc) is 3.55. The predicted octanol–water partition coefficient (Wildman–Crippen LogP) is 2.45. The normalized spacial score (nSPS) is 17.2. The van der Waals surface area contributed by atoms with Gasteiger partial charge in [-0.15, -0.1) is 0 Å². The van der Waals surface area contributed by atoms with Crippen LogP contribution in [0.25, 0.3) is 0 Å². The molecule has 2 aliphatic rings. The van der Waals surface area contributed by atoms with Gasteiger partial charge >= 0.3 is 0 Å². The molecular weight excluding hydrogens is 368 g/mol. The Bertz CT molecular complexity index is 897. The van der Waals surface area contributed by atoms with E-state index in [1.54, 1.807) is 29.1 Å². The molecule has 1 N–H and O–H groups in total. The molecule has 1 saturated heterocycles. The molecule has 0 atom stereocenters. The van der Waals surface area contributed by atoms with Gasteiger partial charge in [0, 0.05) is 37.3 Å². The minimum atomic E-state index is -0.0594. The monoisotopic (exact) mass is 396 g/mol. The summed E-state index contributed by atoms with van der Waals surface area (Å²) in [5.41, 5.74) is 1.48. The fraction of sp³-hybridized carbons (Fsp3) is 0.500. The van der Waals surface area contributed by atoms with E-state index in [0.717, 1.165) is 43.9 Å². The van der Waals surface area contributed by atoms with Gasteiger partial charge in [0.15, 0.2) is 0 Å². The highest BCUT2D eigenvalue weighted by Crippen LogP contribution is 2.29. The highest BCUT2D eigenvalue weighted by atomic mass is 16.5. The van der Waals surface area contributed by atoms with Gasteiger partial charge in [-0.05, 0) is 62.8 Å². The molecule has 1 aliphatic heterocycles. The first kappa shape index (κ1) is 19.5. The van der Waals surface area contributed by atoms with Crippen molar-refractivity contribution in [1.82, 2.24) is 15.1 Å². The third-order valence-electron chi connectivity index (χ3n) is 5.61. The Kier molecular flexibility index (Phi) is 5.83. The van der Waals surface area contributed by atoms with Crippen molar-refractivity contribution in [2.24, 2.45) is 5.92 Å². The molecule has 2 aromatic rings. The zero-order valence-electron chi connectivity index (χ0n) is 16.8. The molecular formula is C22H28N4O3. The Balaban J connectivity index is 1.29. The van der Waals surface area contributed by atoms with Gasteiger partial charge in [-0.25, -0.2) is 4.68 Å². The largest absolute Gasteiger partial charge is 0.494 e. The quantitative estimate of drug-likeness (QED) is 0.778. The number of piperidine rings is 1. The van der Waals surface area contributed by atoms with Gasteiger partial charge in [0.2, 0.25) is 0 Å². The van der Waals surface area contributed by atoms with Crippen LogP contribution in [0.1, 0.15) is 43.0 Å². The summed E-state index contributed by atoms with van der Waals surface area (Å²) in [5, 5.41) is 7.46. The molecule has 29 heavy (non-hydrogen) atoms. The molecule has 0 unspecified atom stereocenters. The van der Waals surface area contributed by atoms with E-state index in [2.05, 4.69) is 15.3 Å². The summed E-state index contributed by atoms with van der Waals surface area (Å²) in [6.07, 6.45) is 5.88. The van der Waals surface area contributed by atoms with Crippen molar-refractivity contribution < 1.29 is 9.53 Å². The van der Waals surface area contributed by atoms with E-state index < -0.39 is 0 Å². The van der Waals surface area contributed by atoms with E-state index in [9.17, 15) is 9.59 Å². The lowest BCUT2D eigenvalue weighted by Crippen LogP contribution is -2.45. The third-order valence-corrected chi connectivity index (χ3v) is 5.61. The number of hydrogen-bond acceptors (Lipinski definition) is 5. The van der Waals surface area contributed by atoms with E-state index >= 15 is 0 Å². The maximum atomic E-state index is 12.5. The summed E-state index contributed by atoms with van der Waals surface area (Å²) < 4.78 is 6.99. The number of ether oxygens (including phenoxy) is 1. The summed E-state index contributed by atoms with van der Waals surface area (Å²) in [5.74, 6) is 1.33. The Morgan fingerprint density at radius 1 is 1.17 bits per heavy atom. The Hall–Kier alpha value is -2.83.